The Morgan fingerprint density at radius 1 is 1.31 bits per heavy atom. The molecule has 1 aromatic heterocycles. The largest absolute Gasteiger partial charge is 0.338 e. The molecule has 1 aromatic carbocycles. The van der Waals surface area contributed by atoms with Gasteiger partial charge in [-0.25, -0.2) is 0 Å². The van der Waals surface area contributed by atoms with E-state index in [9.17, 15) is 0 Å². The van der Waals surface area contributed by atoms with Crippen molar-refractivity contribution in [2.45, 2.75) is 6.54 Å². The fourth-order valence-corrected chi connectivity index (χ4v) is 1.27. The van der Waals surface area contributed by atoms with Crippen LogP contribution in [0.2, 0.25) is 0 Å². The molecule has 0 aliphatic carbocycles. The number of hydrogen-bond acceptors (Lipinski definition) is 4. The quantitative estimate of drug-likeness (QED) is 0.617. The highest BCUT2D eigenvalue weighted by Gasteiger charge is 2.06. The van der Waals surface area contributed by atoms with E-state index < -0.39 is 0 Å². The molecule has 0 aliphatic heterocycles. The lowest BCUT2D eigenvalue weighted by Gasteiger charge is -1.92. The third kappa shape index (κ3) is 2.47. The van der Waals surface area contributed by atoms with Gasteiger partial charge >= 0.3 is 0 Å². The molecule has 0 fully saturated rings. The van der Waals surface area contributed by atoms with Crippen molar-refractivity contribution in [3.63, 3.8) is 0 Å². The minimum absolute atomic E-state index is 0.489. The van der Waals surface area contributed by atoms with Gasteiger partial charge in [0, 0.05) is 5.56 Å². The summed E-state index contributed by atoms with van der Waals surface area (Å²) >= 11 is 0. The molecule has 1 N–H and O–H groups in total. The van der Waals surface area contributed by atoms with Crippen molar-refractivity contribution in [1.82, 2.24) is 15.5 Å². The van der Waals surface area contributed by atoms with E-state index in [1.165, 1.54) is 0 Å². The molecule has 2 aromatic rings. The Labute approximate surface area is 93.7 Å². The second kappa shape index (κ2) is 5.10. The van der Waals surface area contributed by atoms with Gasteiger partial charge in [0.1, 0.15) is 0 Å². The Morgan fingerprint density at radius 3 is 2.88 bits per heavy atom. The van der Waals surface area contributed by atoms with Crippen LogP contribution in [0.1, 0.15) is 5.89 Å². The summed E-state index contributed by atoms with van der Waals surface area (Å²) in [6.07, 6.45) is 5.11. The summed E-state index contributed by atoms with van der Waals surface area (Å²) in [7, 11) is 0. The molecular formula is C12H11N3O. The monoisotopic (exact) mass is 213 g/mol. The minimum Gasteiger partial charge on any atom is -0.338 e. The molecule has 0 unspecified atom stereocenters. The number of nitrogens with one attached hydrogen (secondary N) is 1. The van der Waals surface area contributed by atoms with Crippen LogP contribution >= 0.6 is 0 Å². The molecule has 0 saturated heterocycles. The molecule has 16 heavy (non-hydrogen) atoms. The molecule has 0 amide bonds. The maximum Gasteiger partial charge on any atom is 0.240 e. The number of hydrogen-bond donors (Lipinski definition) is 1. The molecule has 2 rings (SSSR count). The Hall–Kier alpha value is -2.12. The normalized spacial score (nSPS) is 9.94. The van der Waals surface area contributed by atoms with E-state index in [-0.39, 0.29) is 0 Å². The summed E-state index contributed by atoms with van der Waals surface area (Å²) in [5.74, 6) is 3.61. The number of terminal acetylenes is 1. The lowest BCUT2D eigenvalue weighted by molar-refractivity contribution is 0.370. The predicted molar refractivity (Wildman–Crippen MR) is 60.3 cm³/mol. The summed E-state index contributed by atoms with van der Waals surface area (Å²) in [6.45, 7) is 0.979. The third-order valence-electron chi connectivity index (χ3n) is 2.00. The number of nitrogens with zero attached hydrogens (tertiary/aromatic N) is 2. The maximum absolute atomic E-state index is 5.11. The zero-order valence-electron chi connectivity index (χ0n) is 8.68. The standard InChI is InChI=1S/C12H11N3O/c1-2-8-13-9-11-14-12(15-16-11)10-6-4-3-5-7-10/h1,3-7,13H,8-9H2. The molecule has 4 heteroatoms. The van der Waals surface area contributed by atoms with Crippen molar-refractivity contribution < 1.29 is 4.52 Å². The Balaban J connectivity index is 2.06. The van der Waals surface area contributed by atoms with Crippen LogP contribution in [0, 0.1) is 12.3 Å². The van der Waals surface area contributed by atoms with Gasteiger partial charge in [0.2, 0.25) is 11.7 Å². The van der Waals surface area contributed by atoms with E-state index in [4.69, 9.17) is 10.9 Å². The smallest absolute Gasteiger partial charge is 0.240 e. The number of aromatic nitrogens is 2. The predicted octanol–water partition coefficient (Wildman–Crippen LogP) is 1.46. The molecule has 0 bridgehead atoms. The molecule has 0 atom stereocenters. The maximum atomic E-state index is 5.11. The number of benzene rings is 1. The van der Waals surface area contributed by atoms with Crippen molar-refractivity contribution in [2.75, 3.05) is 6.54 Å². The fourth-order valence-electron chi connectivity index (χ4n) is 1.27. The summed E-state index contributed by atoms with van der Waals surface area (Å²) in [6, 6.07) is 9.68. The first-order chi connectivity index (χ1) is 7.90. The van der Waals surface area contributed by atoms with Crippen molar-refractivity contribution in [2.24, 2.45) is 0 Å². The van der Waals surface area contributed by atoms with Crippen LogP contribution in [0.3, 0.4) is 0 Å². The highest BCUT2D eigenvalue weighted by molar-refractivity contribution is 5.53. The van der Waals surface area contributed by atoms with Crippen LogP contribution in [0.15, 0.2) is 34.9 Å². The lowest BCUT2D eigenvalue weighted by Crippen LogP contribution is -2.13. The molecule has 80 valence electrons. The van der Waals surface area contributed by atoms with E-state index in [0.717, 1.165) is 5.56 Å². The highest BCUT2D eigenvalue weighted by atomic mass is 16.5. The van der Waals surface area contributed by atoms with E-state index in [1.807, 2.05) is 30.3 Å². The van der Waals surface area contributed by atoms with Crippen molar-refractivity contribution in [1.29, 1.82) is 0 Å². The van der Waals surface area contributed by atoms with Crippen molar-refractivity contribution >= 4 is 0 Å². The second-order valence-electron chi connectivity index (χ2n) is 3.19. The molecular weight excluding hydrogens is 202 g/mol. The van der Waals surface area contributed by atoms with Gasteiger partial charge in [-0.2, -0.15) is 4.98 Å². The van der Waals surface area contributed by atoms with Gasteiger partial charge in [-0.05, 0) is 0 Å². The SMILES string of the molecule is C#CCNCc1nc(-c2ccccc2)no1. The molecule has 0 aliphatic rings. The van der Waals surface area contributed by atoms with E-state index >= 15 is 0 Å². The summed E-state index contributed by atoms with van der Waals surface area (Å²) < 4.78 is 5.07. The zero-order valence-corrected chi connectivity index (χ0v) is 8.68. The van der Waals surface area contributed by atoms with Crippen LogP contribution in [0.25, 0.3) is 11.4 Å². The average molecular weight is 213 g/mol. The molecule has 4 nitrogen and oxygen atoms in total. The van der Waals surface area contributed by atoms with Gasteiger partial charge in [-0.1, -0.05) is 41.4 Å². The van der Waals surface area contributed by atoms with E-state index in [1.54, 1.807) is 0 Å². The van der Waals surface area contributed by atoms with E-state index in [2.05, 4.69) is 21.4 Å². The molecule has 0 saturated carbocycles. The summed E-state index contributed by atoms with van der Waals surface area (Å²) in [4.78, 5) is 4.24. The van der Waals surface area contributed by atoms with Crippen LogP contribution < -0.4 is 5.32 Å². The third-order valence-corrected chi connectivity index (χ3v) is 2.00. The van der Waals surface area contributed by atoms with Gasteiger partial charge in [0.25, 0.3) is 0 Å². The fraction of sp³-hybridized carbons (Fsp3) is 0.167. The van der Waals surface area contributed by atoms with Crippen LogP contribution in [-0.2, 0) is 6.54 Å². The first kappa shape index (κ1) is 10.4. The topological polar surface area (TPSA) is 51.0 Å². The van der Waals surface area contributed by atoms with Gasteiger partial charge in [-0.3, -0.25) is 5.32 Å². The Morgan fingerprint density at radius 2 is 2.12 bits per heavy atom. The number of rotatable bonds is 4. The van der Waals surface area contributed by atoms with Crippen LogP contribution in [0.4, 0.5) is 0 Å². The first-order valence-electron chi connectivity index (χ1n) is 4.92. The molecule has 0 spiro atoms. The zero-order chi connectivity index (χ0) is 11.2. The van der Waals surface area contributed by atoms with Crippen molar-refractivity contribution in [3.05, 3.63) is 36.2 Å². The first-order valence-corrected chi connectivity index (χ1v) is 4.92. The second-order valence-corrected chi connectivity index (χ2v) is 3.19. The highest BCUT2D eigenvalue weighted by Crippen LogP contribution is 2.14. The van der Waals surface area contributed by atoms with Crippen molar-refractivity contribution in [3.8, 4) is 23.7 Å². The van der Waals surface area contributed by atoms with Gasteiger partial charge in [0.15, 0.2) is 0 Å². The summed E-state index contributed by atoms with van der Waals surface area (Å²) in [5.41, 5.74) is 0.939. The molecule has 0 radical (unpaired) electrons. The van der Waals surface area contributed by atoms with Gasteiger partial charge in [-0.15, -0.1) is 6.42 Å². The minimum atomic E-state index is 0.489. The van der Waals surface area contributed by atoms with Crippen LogP contribution in [-0.4, -0.2) is 16.7 Å². The Kier molecular flexibility index (Phi) is 3.31. The van der Waals surface area contributed by atoms with Gasteiger partial charge < -0.3 is 4.52 Å². The van der Waals surface area contributed by atoms with Crippen LogP contribution in [0.5, 0.6) is 0 Å². The summed E-state index contributed by atoms with van der Waals surface area (Å²) in [5, 5.41) is 6.87. The average Bonchev–Trinajstić information content (AvgIpc) is 2.79. The van der Waals surface area contributed by atoms with Gasteiger partial charge in [0.05, 0.1) is 13.1 Å². The molecule has 1 heterocycles. The Bertz CT molecular complexity index is 484. The lowest BCUT2D eigenvalue weighted by atomic mass is 10.2. The van der Waals surface area contributed by atoms with E-state index in [0.29, 0.717) is 24.8 Å².